The Kier molecular flexibility index (Phi) is 7.76. The fourth-order valence-electron chi connectivity index (χ4n) is 2.97. The van der Waals surface area contributed by atoms with Gasteiger partial charge in [0.1, 0.15) is 0 Å². The van der Waals surface area contributed by atoms with Crippen molar-refractivity contribution in [3.63, 3.8) is 0 Å². The smallest absolute Gasteiger partial charge is 0.0953 e. The van der Waals surface area contributed by atoms with Crippen molar-refractivity contribution in [3.8, 4) is 0 Å². The predicted octanol–water partition coefficient (Wildman–Crippen LogP) is 5.23. The van der Waals surface area contributed by atoms with Crippen molar-refractivity contribution in [2.24, 2.45) is 0 Å². The van der Waals surface area contributed by atoms with Gasteiger partial charge in [-0.25, -0.2) is 0 Å². The van der Waals surface area contributed by atoms with E-state index in [0.29, 0.717) is 6.10 Å². The van der Waals surface area contributed by atoms with E-state index in [1.54, 1.807) is 0 Å². The van der Waals surface area contributed by atoms with Crippen molar-refractivity contribution in [2.45, 2.75) is 64.1 Å². The van der Waals surface area contributed by atoms with Gasteiger partial charge < -0.3 is 10.1 Å². The molecule has 0 heterocycles. The van der Waals surface area contributed by atoms with E-state index in [1.165, 1.54) is 44.1 Å². The summed E-state index contributed by atoms with van der Waals surface area (Å²) in [6, 6.07) is 8.54. The van der Waals surface area contributed by atoms with Gasteiger partial charge >= 0.3 is 0 Å². The lowest BCUT2D eigenvalue weighted by atomic mass is 10.1. The van der Waals surface area contributed by atoms with Gasteiger partial charge in [-0.2, -0.15) is 0 Å². The molecule has 3 heteroatoms. The SMILES string of the molecule is CCCNCC(OC1CCCCCC1)c1cccc(Br)c1. The quantitative estimate of drug-likeness (QED) is 0.535. The summed E-state index contributed by atoms with van der Waals surface area (Å²) in [5.74, 6) is 0. The van der Waals surface area contributed by atoms with E-state index in [1.807, 2.05) is 0 Å². The summed E-state index contributed by atoms with van der Waals surface area (Å²) < 4.78 is 7.61. The van der Waals surface area contributed by atoms with Crippen LogP contribution in [0.25, 0.3) is 0 Å². The second-order valence-corrected chi connectivity index (χ2v) is 6.91. The highest BCUT2D eigenvalue weighted by Gasteiger charge is 2.19. The van der Waals surface area contributed by atoms with E-state index in [-0.39, 0.29) is 6.10 Å². The van der Waals surface area contributed by atoms with E-state index < -0.39 is 0 Å². The molecule has 0 radical (unpaired) electrons. The number of halogens is 1. The van der Waals surface area contributed by atoms with E-state index in [2.05, 4.69) is 52.4 Å². The van der Waals surface area contributed by atoms with Gasteiger partial charge in [-0.1, -0.05) is 60.7 Å². The van der Waals surface area contributed by atoms with Crippen LogP contribution in [0.2, 0.25) is 0 Å². The molecule has 1 atom stereocenters. The zero-order chi connectivity index (χ0) is 14.9. The molecule has 0 amide bonds. The normalized spacial score (nSPS) is 18.4. The lowest BCUT2D eigenvalue weighted by Gasteiger charge is -2.25. The van der Waals surface area contributed by atoms with Crippen molar-refractivity contribution in [1.29, 1.82) is 0 Å². The fraction of sp³-hybridized carbons (Fsp3) is 0.667. The third-order valence-electron chi connectivity index (χ3n) is 4.14. The number of rotatable bonds is 7. The molecule has 0 spiro atoms. The van der Waals surface area contributed by atoms with Gasteiger partial charge in [0.05, 0.1) is 12.2 Å². The van der Waals surface area contributed by atoms with Crippen molar-refractivity contribution < 1.29 is 4.74 Å². The summed E-state index contributed by atoms with van der Waals surface area (Å²) in [5, 5.41) is 3.52. The summed E-state index contributed by atoms with van der Waals surface area (Å²) in [5.41, 5.74) is 1.28. The second-order valence-electron chi connectivity index (χ2n) is 6.00. The van der Waals surface area contributed by atoms with Gasteiger partial charge in [-0.05, 0) is 43.5 Å². The molecule has 1 fully saturated rings. The third-order valence-corrected chi connectivity index (χ3v) is 4.63. The van der Waals surface area contributed by atoms with Gasteiger partial charge in [0.2, 0.25) is 0 Å². The molecule has 0 aromatic heterocycles. The minimum Gasteiger partial charge on any atom is -0.369 e. The summed E-state index contributed by atoms with van der Waals surface area (Å²) in [6.07, 6.45) is 9.57. The average Bonchev–Trinajstić information content (AvgIpc) is 2.75. The van der Waals surface area contributed by atoms with Gasteiger partial charge in [-0.3, -0.25) is 0 Å². The average molecular weight is 354 g/mol. The van der Waals surface area contributed by atoms with Crippen LogP contribution in [-0.2, 0) is 4.74 Å². The lowest BCUT2D eigenvalue weighted by molar-refractivity contribution is -0.0200. The fourth-order valence-corrected chi connectivity index (χ4v) is 3.39. The van der Waals surface area contributed by atoms with Crippen LogP contribution in [0.3, 0.4) is 0 Å². The van der Waals surface area contributed by atoms with E-state index in [0.717, 1.165) is 24.0 Å². The summed E-state index contributed by atoms with van der Waals surface area (Å²) in [7, 11) is 0. The first-order valence-electron chi connectivity index (χ1n) is 8.41. The van der Waals surface area contributed by atoms with Gasteiger partial charge in [0.25, 0.3) is 0 Å². The molecular formula is C18H28BrNO. The zero-order valence-electron chi connectivity index (χ0n) is 13.1. The number of nitrogens with one attached hydrogen (secondary N) is 1. The standard InChI is InChI=1S/C18H28BrNO/c1-2-12-20-14-18(15-8-7-9-16(19)13-15)21-17-10-5-3-4-6-11-17/h7-9,13,17-18,20H,2-6,10-12,14H2,1H3. The lowest BCUT2D eigenvalue weighted by Crippen LogP contribution is -2.27. The topological polar surface area (TPSA) is 21.3 Å². The number of hydrogen-bond acceptors (Lipinski definition) is 2. The molecule has 1 aromatic carbocycles. The number of benzene rings is 1. The van der Waals surface area contributed by atoms with Crippen LogP contribution in [0.1, 0.15) is 63.5 Å². The molecular weight excluding hydrogens is 326 g/mol. The Balaban J connectivity index is 2.00. The maximum absolute atomic E-state index is 6.48. The second kappa shape index (κ2) is 9.60. The van der Waals surface area contributed by atoms with Crippen molar-refractivity contribution in [2.75, 3.05) is 13.1 Å². The Morgan fingerprint density at radius 2 is 2.00 bits per heavy atom. The van der Waals surface area contributed by atoms with Crippen molar-refractivity contribution in [3.05, 3.63) is 34.3 Å². The van der Waals surface area contributed by atoms with E-state index in [4.69, 9.17) is 4.74 Å². The molecule has 2 rings (SSSR count). The van der Waals surface area contributed by atoms with Gasteiger partial charge in [0, 0.05) is 11.0 Å². The molecule has 1 N–H and O–H groups in total. The molecule has 0 bridgehead atoms. The zero-order valence-corrected chi connectivity index (χ0v) is 14.7. The Labute approximate surface area is 137 Å². The van der Waals surface area contributed by atoms with Gasteiger partial charge in [0.15, 0.2) is 0 Å². The maximum atomic E-state index is 6.48. The highest BCUT2D eigenvalue weighted by atomic mass is 79.9. The van der Waals surface area contributed by atoms with E-state index >= 15 is 0 Å². The van der Waals surface area contributed by atoms with Gasteiger partial charge in [-0.15, -0.1) is 0 Å². The Bertz CT molecular complexity index is 402. The largest absolute Gasteiger partial charge is 0.369 e. The van der Waals surface area contributed by atoms with Crippen LogP contribution >= 0.6 is 15.9 Å². The summed E-state index contributed by atoms with van der Waals surface area (Å²) >= 11 is 3.57. The van der Waals surface area contributed by atoms with Crippen LogP contribution in [0, 0.1) is 0 Å². The van der Waals surface area contributed by atoms with Crippen LogP contribution in [0.15, 0.2) is 28.7 Å². The van der Waals surface area contributed by atoms with E-state index in [9.17, 15) is 0 Å². The van der Waals surface area contributed by atoms with Crippen molar-refractivity contribution >= 4 is 15.9 Å². The molecule has 2 nitrogen and oxygen atoms in total. The Morgan fingerprint density at radius 1 is 1.24 bits per heavy atom. The highest BCUT2D eigenvalue weighted by Crippen LogP contribution is 2.27. The Hall–Kier alpha value is -0.380. The molecule has 1 aromatic rings. The Morgan fingerprint density at radius 3 is 2.67 bits per heavy atom. The molecule has 118 valence electrons. The summed E-state index contributed by atoms with van der Waals surface area (Å²) in [6.45, 7) is 4.16. The monoisotopic (exact) mass is 353 g/mol. The molecule has 1 aliphatic carbocycles. The van der Waals surface area contributed by atoms with Crippen LogP contribution < -0.4 is 5.32 Å². The third kappa shape index (κ3) is 6.09. The highest BCUT2D eigenvalue weighted by molar-refractivity contribution is 9.10. The predicted molar refractivity (Wildman–Crippen MR) is 92.6 cm³/mol. The number of hydrogen-bond donors (Lipinski definition) is 1. The molecule has 1 aliphatic rings. The minimum atomic E-state index is 0.164. The first-order valence-corrected chi connectivity index (χ1v) is 9.20. The van der Waals surface area contributed by atoms with Crippen molar-refractivity contribution in [1.82, 2.24) is 5.32 Å². The first-order chi connectivity index (χ1) is 10.3. The molecule has 21 heavy (non-hydrogen) atoms. The van der Waals surface area contributed by atoms with Crippen LogP contribution in [0.4, 0.5) is 0 Å². The number of ether oxygens (including phenoxy) is 1. The summed E-state index contributed by atoms with van der Waals surface area (Å²) in [4.78, 5) is 0. The molecule has 1 saturated carbocycles. The molecule has 0 aliphatic heterocycles. The first kappa shape index (κ1) is 17.0. The maximum Gasteiger partial charge on any atom is 0.0953 e. The molecule has 1 unspecified atom stereocenters. The minimum absolute atomic E-state index is 0.164. The van der Waals surface area contributed by atoms with Crippen LogP contribution in [0.5, 0.6) is 0 Å². The molecule has 0 saturated heterocycles. The van der Waals surface area contributed by atoms with Crippen LogP contribution in [-0.4, -0.2) is 19.2 Å².